The zero-order chi connectivity index (χ0) is 15.2. The monoisotopic (exact) mass is 343 g/mol. The molecule has 0 radical (unpaired) electrons. The third-order valence-corrected chi connectivity index (χ3v) is 4.04. The van der Waals surface area contributed by atoms with Crippen LogP contribution in [0.25, 0.3) is 0 Å². The van der Waals surface area contributed by atoms with Crippen molar-refractivity contribution in [1.29, 1.82) is 0 Å². The van der Waals surface area contributed by atoms with Crippen molar-refractivity contribution in [3.05, 3.63) is 51.2 Å². The zero-order valence-corrected chi connectivity index (χ0v) is 13.9. The molecule has 0 aliphatic heterocycles. The molecule has 0 bridgehead atoms. The van der Waals surface area contributed by atoms with Gasteiger partial charge in [-0.15, -0.1) is 23.7 Å². The van der Waals surface area contributed by atoms with Crippen LogP contribution in [0.1, 0.15) is 26.6 Å². The number of hydrogen-bond acceptors (Lipinski definition) is 4. The summed E-state index contributed by atoms with van der Waals surface area (Å²) in [5.74, 6) is -0.426. The van der Waals surface area contributed by atoms with Gasteiger partial charge in [0.2, 0.25) is 0 Å². The van der Waals surface area contributed by atoms with Crippen molar-refractivity contribution in [2.75, 3.05) is 13.1 Å². The van der Waals surface area contributed by atoms with Crippen LogP contribution in [0.4, 0.5) is 4.39 Å². The summed E-state index contributed by atoms with van der Waals surface area (Å²) in [6.07, 6.45) is 1.35. The Kier molecular flexibility index (Phi) is 7.44. The molecule has 1 amide bonds. The van der Waals surface area contributed by atoms with E-state index >= 15 is 0 Å². The van der Waals surface area contributed by atoms with E-state index in [-0.39, 0.29) is 24.1 Å². The Morgan fingerprint density at radius 1 is 1.41 bits per heavy atom. The Bertz CT molecular complexity index is 633. The van der Waals surface area contributed by atoms with Crippen LogP contribution in [0.2, 0.25) is 0 Å². The van der Waals surface area contributed by atoms with E-state index in [1.165, 1.54) is 23.5 Å². The molecule has 2 rings (SSSR count). The lowest BCUT2D eigenvalue weighted by molar-refractivity contribution is 0.0949. The summed E-state index contributed by atoms with van der Waals surface area (Å²) in [5, 5.41) is 5.44. The van der Waals surface area contributed by atoms with E-state index in [4.69, 9.17) is 5.73 Å². The standard InChI is InChI=1S/C15H18FN3OS.ClH/c1-10-8-12(16)3-2-11(10)5-7-18-15(20)13-9-21-14(19-13)4-6-17;/h2-3,8-9H,4-7,17H2,1H3,(H,18,20);1H. The minimum Gasteiger partial charge on any atom is -0.350 e. The number of benzene rings is 1. The minimum absolute atomic E-state index is 0. The normalized spacial score (nSPS) is 10.1. The number of aryl methyl sites for hydroxylation is 1. The van der Waals surface area contributed by atoms with E-state index in [0.717, 1.165) is 16.1 Å². The van der Waals surface area contributed by atoms with Gasteiger partial charge in [0.25, 0.3) is 5.91 Å². The van der Waals surface area contributed by atoms with Crippen LogP contribution in [-0.2, 0) is 12.8 Å². The van der Waals surface area contributed by atoms with Gasteiger partial charge in [0.15, 0.2) is 0 Å². The fraction of sp³-hybridized carbons (Fsp3) is 0.333. The van der Waals surface area contributed by atoms with Crippen LogP contribution < -0.4 is 11.1 Å². The molecule has 0 unspecified atom stereocenters. The molecule has 2 aromatic rings. The minimum atomic E-state index is -0.241. The zero-order valence-electron chi connectivity index (χ0n) is 12.3. The fourth-order valence-corrected chi connectivity index (χ4v) is 2.79. The first-order valence-electron chi connectivity index (χ1n) is 6.78. The molecule has 0 spiro atoms. The summed E-state index contributed by atoms with van der Waals surface area (Å²) in [4.78, 5) is 16.2. The second-order valence-corrected chi connectivity index (χ2v) is 5.68. The second-order valence-electron chi connectivity index (χ2n) is 4.74. The Labute approximate surface area is 139 Å². The quantitative estimate of drug-likeness (QED) is 0.846. The van der Waals surface area contributed by atoms with E-state index in [1.54, 1.807) is 11.4 Å². The lowest BCUT2D eigenvalue weighted by Crippen LogP contribution is -2.26. The Morgan fingerprint density at radius 2 is 2.18 bits per heavy atom. The number of rotatable bonds is 6. The molecule has 22 heavy (non-hydrogen) atoms. The van der Waals surface area contributed by atoms with Crippen molar-refractivity contribution in [2.45, 2.75) is 19.8 Å². The van der Waals surface area contributed by atoms with Gasteiger partial charge in [-0.3, -0.25) is 4.79 Å². The first kappa shape index (κ1) is 18.5. The number of halogens is 2. The molecule has 1 aromatic heterocycles. The van der Waals surface area contributed by atoms with E-state index in [9.17, 15) is 9.18 Å². The Morgan fingerprint density at radius 3 is 2.86 bits per heavy atom. The first-order chi connectivity index (χ1) is 10.1. The lowest BCUT2D eigenvalue weighted by Gasteiger charge is -2.06. The molecular formula is C15H19ClFN3OS. The maximum atomic E-state index is 13.0. The summed E-state index contributed by atoms with van der Waals surface area (Å²) in [7, 11) is 0. The maximum absolute atomic E-state index is 13.0. The number of carbonyl (C=O) groups excluding carboxylic acids is 1. The summed E-state index contributed by atoms with van der Waals surface area (Å²) in [6.45, 7) is 2.88. The predicted molar refractivity (Wildman–Crippen MR) is 89.3 cm³/mol. The average molecular weight is 344 g/mol. The van der Waals surface area contributed by atoms with Gasteiger partial charge in [0.05, 0.1) is 5.01 Å². The fourth-order valence-electron chi connectivity index (χ4n) is 1.99. The second kappa shape index (κ2) is 8.82. The van der Waals surface area contributed by atoms with Crippen molar-refractivity contribution < 1.29 is 9.18 Å². The topological polar surface area (TPSA) is 68.0 Å². The van der Waals surface area contributed by atoms with Crippen LogP contribution in [0.15, 0.2) is 23.6 Å². The van der Waals surface area contributed by atoms with Crippen molar-refractivity contribution in [2.24, 2.45) is 5.73 Å². The molecule has 0 fully saturated rings. The number of nitrogens with two attached hydrogens (primary N) is 1. The number of amides is 1. The van der Waals surface area contributed by atoms with Gasteiger partial charge in [-0.05, 0) is 43.1 Å². The Balaban J connectivity index is 0.00000242. The van der Waals surface area contributed by atoms with Crippen LogP contribution in [0, 0.1) is 12.7 Å². The van der Waals surface area contributed by atoms with Gasteiger partial charge >= 0.3 is 0 Å². The molecule has 0 atom stereocenters. The van der Waals surface area contributed by atoms with Crippen molar-refractivity contribution >= 4 is 29.7 Å². The summed E-state index contributed by atoms with van der Waals surface area (Å²) in [6, 6.07) is 4.68. The molecule has 3 N–H and O–H groups in total. The van der Waals surface area contributed by atoms with E-state index < -0.39 is 0 Å². The van der Waals surface area contributed by atoms with Gasteiger partial charge in [-0.1, -0.05) is 6.07 Å². The molecule has 0 aliphatic rings. The highest BCUT2D eigenvalue weighted by Crippen LogP contribution is 2.11. The van der Waals surface area contributed by atoms with Gasteiger partial charge in [-0.2, -0.15) is 0 Å². The van der Waals surface area contributed by atoms with E-state index in [1.807, 2.05) is 6.92 Å². The third kappa shape index (κ3) is 5.05. The number of nitrogens with one attached hydrogen (secondary N) is 1. The van der Waals surface area contributed by atoms with Crippen LogP contribution in [0.5, 0.6) is 0 Å². The maximum Gasteiger partial charge on any atom is 0.270 e. The highest BCUT2D eigenvalue weighted by atomic mass is 35.5. The van der Waals surface area contributed by atoms with Crippen LogP contribution in [-0.4, -0.2) is 24.0 Å². The molecule has 0 saturated carbocycles. The summed E-state index contributed by atoms with van der Waals surface area (Å²) >= 11 is 1.44. The van der Waals surface area contributed by atoms with Crippen LogP contribution in [0.3, 0.4) is 0 Å². The molecular weight excluding hydrogens is 325 g/mol. The number of hydrogen-bond donors (Lipinski definition) is 2. The number of thiazole rings is 1. The van der Waals surface area contributed by atoms with Gasteiger partial charge < -0.3 is 11.1 Å². The average Bonchev–Trinajstić information content (AvgIpc) is 2.90. The van der Waals surface area contributed by atoms with Crippen molar-refractivity contribution in [1.82, 2.24) is 10.3 Å². The highest BCUT2D eigenvalue weighted by molar-refractivity contribution is 7.09. The predicted octanol–water partition coefficient (Wildman–Crippen LogP) is 2.49. The largest absolute Gasteiger partial charge is 0.350 e. The number of nitrogens with zero attached hydrogens (tertiary/aromatic N) is 1. The number of aromatic nitrogens is 1. The van der Waals surface area contributed by atoms with Gasteiger partial charge in [0.1, 0.15) is 11.5 Å². The van der Waals surface area contributed by atoms with Gasteiger partial charge in [0, 0.05) is 18.3 Å². The smallest absolute Gasteiger partial charge is 0.270 e. The molecule has 0 saturated heterocycles. The molecule has 1 aromatic carbocycles. The van der Waals surface area contributed by atoms with Crippen molar-refractivity contribution in [3.63, 3.8) is 0 Å². The van der Waals surface area contributed by atoms with Crippen LogP contribution >= 0.6 is 23.7 Å². The first-order valence-corrected chi connectivity index (χ1v) is 7.66. The molecule has 4 nitrogen and oxygen atoms in total. The number of carbonyl (C=O) groups is 1. The molecule has 120 valence electrons. The van der Waals surface area contributed by atoms with Crippen molar-refractivity contribution in [3.8, 4) is 0 Å². The molecule has 7 heteroatoms. The summed E-state index contributed by atoms with van der Waals surface area (Å²) < 4.78 is 13.0. The van der Waals surface area contributed by atoms with Gasteiger partial charge in [-0.25, -0.2) is 9.37 Å². The molecule has 0 aliphatic carbocycles. The SMILES string of the molecule is Cc1cc(F)ccc1CCNC(=O)c1csc(CCN)n1.Cl. The summed E-state index contributed by atoms with van der Waals surface area (Å²) in [5.41, 5.74) is 7.80. The van der Waals surface area contributed by atoms with E-state index in [2.05, 4.69) is 10.3 Å². The molecule has 1 heterocycles. The third-order valence-electron chi connectivity index (χ3n) is 3.13. The Hall–Kier alpha value is -1.50. The van der Waals surface area contributed by atoms with E-state index in [0.29, 0.717) is 31.6 Å². The lowest BCUT2D eigenvalue weighted by atomic mass is 10.1. The highest BCUT2D eigenvalue weighted by Gasteiger charge is 2.10.